The molecule has 6 heteroatoms. The average molecular weight is 408 g/mol. The predicted octanol–water partition coefficient (Wildman–Crippen LogP) is 3.38. The number of ether oxygens (including phenoxy) is 2. The van der Waals surface area contributed by atoms with E-state index >= 15 is 0 Å². The van der Waals surface area contributed by atoms with Gasteiger partial charge in [-0.1, -0.05) is 30.3 Å². The van der Waals surface area contributed by atoms with Crippen molar-refractivity contribution in [1.29, 1.82) is 0 Å². The van der Waals surface area contributed by atoms with Crippen LogP contribution in [0.4, 0.5) is 5.69 Å². The Labute approximate surface area is 177 Å². The number of nitrogen functional groups attached to an aromatic ring is 1. The summed E-state index contributed by atoms with van der Waals surface area (Å²) in [4.78, 5) is 27.9. The van der Waals surface area contributed by atoms with E-state index in [-0.39, 0.29) is 18.7 Å². The quantitative estimate of drug-likeness (QED) is 0.583. The van der Waals surface area contributed by atoms with Crippen molar-refractivity contribution in [3.05, 3.63) is 65.7 Å². The number of nitrogens with two attached hydrogens (primary N) is 1. The standard InChI is InChI=1S/C24H28N2O4/c1-26-19-11-12-20(26)14-21(13-19)30-24(28)22(16-5-3-2-4-6-16)15-29-23(27)17-7-9-18(25)10-8-17/h2-10,19-22H,11-15,25H2,1H3/t19-,20+,21+,22?. The summed E-state index contributed by atoms with van der Waals surface area (Å²) >= 11 is 0. The molecule has 4 rings (SSSR count). The lowest BCUT2D eigenvalue weighted by Gasteiger charge is -2.36. The second-order valence-electron chi connectivity index (χ2n) is 8.26. The number of hydrogen-bond donors (Lipinski definition) is 1. The Bertz CT molecular complexity index is 870. The first-order chi connectivity index (χ1) is 14.5. The van der Waals surface area contributed by atoms with Crippen molar-refractivity contribution in [2.45, 2.75) is 49.8 Å². The number of nitrogens with zero attached hydrogens (tertiary/aromatic N) is 1. The summed E-state index contributed by atoms with van der Waals surface area (Å²) in [5.41, 5.74) is 7.42. The van der Waals surface area contributed by atoms with E-state index in [2.05, 4.69) is 11.9 Å². The molecule has 2 saturated heterocycles. The molecule has 1 unspecified atom stereocenters. The molecule has 6 nitrogen and oxygen atoms in total. The van der Waals surface area contributed by atoms with Gasteiger partial charge in [0.15, 0.2) is 0 Å². The van der Waals surface area contributed by atoms with Crippen molar-refractivity contribution in [3.63, 3.8) is 0 Å². The SMILES string of the molecule is CN1[C@@H]2CC[C@H]1C[C@@H](OC(=O)C(COC(=O)c1ccc(N)cc1)c1ccccc1)C2. The average Bonchev–Trinajstić information content (AvgIpc) is 2.96. The number of anilines is 1. The largest absolute Gasteiger partial charge is 0.462 e. The summed E-state index contributed by atoms with van der Waals surface area (Å²) in [6.07, 6.45) is 3.98. The molecule has 0 spiro atoms. The van der Waals surface area contributed by atoms with Gasteiger partial charge in [0.25, 0.3) is 0 Å². The van der Waals surface area contributed by atoms with Gasteiger partial charge in [-0.05, 0) is 62.6 Å². The number of carbonyl (C=O) groups is 2. The Morgan fingerprint density at radius 1 is 1.03 bits per heavy atom. The normalized spacial score (nSPS) is 24.2. The minimum atomic E-state index is -0.652. The number of fused-ring (bicyclic) bond motifs is 2. The first-order valence-corrected chi connectivity index (χ1v) is 10.5. The Balaban J connectivity index is 1.43. The summed E-state index contributed by atoms with van der Waals surface area (Å²) in [6, 6.07) is 16.8. The fraction of sp³-hybridized carbons (Fsp3) is 0.417. The molecule has 2 aliphatic rings. The van der Waals surface area contributed by atoms with Crippen LogP contribution in [-0.2, 0) is 14.3 Å². The van der Waals surface area contributed by atoms with Gasteiger partial charge in [0, 0.05) is 17.8 Å². The maximum atomic E-state index is 13.1. The highest BCUT2D eigenvalue weighted by atomic mass is 16.6. The van der Waals surface area contributed by atoms with Crippen molar-refractivity contribution >= 4 is 17.6 Å². The molecule has 0 aliphatic carbocycles. The van der Waals surface area contributed by atoms with E-state index in [4.69, 9.17) is 15.2 Å². The van der Waals surface area contributed by atoms with Crippen LogP contribution in [0, 0.1) is 0 Å². The third-order valence-electron chi connectivity index (χ3n) is 6.35. The molecule has 2 N–H and O–H groups in total. The van der Waals surface area contributed by atoms with Crippen LogP contribution in [0.1, 0.15) is 47.5 Å². The van der Waals surface area contributed by atoms with Gasteiger partial charge in [-0.3, -0.25) is 4.79 Å². The Morgan fingerprint density at radius 3 is 2.30 bits per heavy atom. The maximum Gasteiger partial charge on any atom is 0.338 e. The van der Waals surface area contributed by atoms with E-state index in [1.165, 1.54) is 0 Å². The number of benzene rings is 2. The van der Waals surface area contributed by atoms with E-state index in [9.17, 15) is 9.59 Å². The molecule has 0 aromatic heterocycles. The molecule has 30 heavy (non-hydrogen) atoms. The fourth-order valence-corrected chi connectivity index (χ4v) is 4.55. The van der Waals surface area contributed by atoms with Crippen molar-refractivity contribution in [2.75, 3.05) is 19.4 Å². The van der Waals surface area contributed by atoms with Crippen molar-refractivity contribution in [3.8, 4) is 0 Å². The summed E-state index contributed by atoms with van der Waals surface area (Å²) in [5.74, 6) is -1.47. The minimum absolute atomic E-state index is 0.0640. The number of piperidine rings is 1. The molecule has 0 saturated carbocycles. The van der Waals surface area contributed by atoms with Crippen molar-refractivity contribution < 1.29 is 19.1 Å². The molecule has 4 atom stereocenters. The van der Waals surface area contributed by atoms with E-state index in [1.807, 2.05) is 30.3 Å². The lowest BCUT2D eigenvalue weighted by molar-refractivity contribution is -0.155. The van der Waals surface area contributed by atoms with Gasteiger partial charge in [-0.15, -0.1) is 0 Å². The number of hydrogen-bond acceptors (Lipinski definition) is 6. The number of esters is 2. The van der Waals surface area contributed by atoms with Gasteiger partial charge in [-0.25, -0.2) is 4.79 Å². The highest BCUT2D eigenvalue weighted by molar-refractivity contribution is 5.90. The molecule has 0 amide bonds. The van der Waals surface area contributed by atoms with Gasteiger partial charge in [-0.2, -0.15) is 0 Å². The van der Waals surface area contributed by atoms with Crippen molar-refractivity contribution in [1.82, 2.24) is 4.90 Å². The van der Waals surface area contributed by atoms with Crippen molar-refractivity contribution in [2.24, 2.45) is 0 Å². The zero-order valence-electron chi connectivity index (χ0n) is 17.2. The van der Waals surface area contributed by atoms with Crippen LogP contribution in [0.2, 0.25) is 0 Å². The highest BCUT2D eigenvalue weighted by Gasteiger charge is 2.40. The molecule has 2 fully saturated rings. The third kappa shape index (κ3) is 4.49. The predicted molar refractivity (Wildman–Crippen MR) is 114 cm³/mol. The van der Waals surface area contributed by atoms with Crippen LogP contribution in [0.15, 0.2) is 54.6 Å². The van der Waals surface area contributed by atoms with Crippen LogP contribution in [0.3, 0.4) is 0 Å². The van der Waals surface area contributed by atoms with Crippen LogP contribution >= 0.6 is 0 Å². The maximum absolute atomic E-state index is 13.1. The molecule has 158 valence electrons. The topological polar surface area (TPSA) is 81.9 Å². The van der Waals surface area contributed by atoms with Gasteiger partial charge < -0.3 is 20.1 Å². The molecule has 2 heterocycles. The van der Waals surface area contributed by atoms with Crippen LogP contribution < -0.4 is 5.73 Å². The smallest absolute Gasteiger partial charge is 0.338 e. The van der Waals surface area contributed by atoms with Crippen LogP contribution in [0.5, 0.6) is 0 Å². The monoisotopic (exact) mass is 408 g/mol. The highest BCUT2D eigenvalue weighted by Crippen LogP contribution is 2.36. The summed E-state index contributed by atoms with van der Waals surface area (Å²) in [6.45, 7) is -0.0640. The summed E-state index contributed by atoms with van der Waals surface area (Å²) < 4.78 is 11.4. The second kappa shape index (κ2) is 8.88. The molecule has 0 radical (unpaired) electrons. The molecular formula is C24H28N2O4. The molecule has 2 aliphatic heterocycles. The summed E-state index contributed by atoms with van der Waals surface area (Å²) in [7, 11) is 2.16. The van der Waals surface area contributed by atoms with E-state index in [0.717, 1.165) is 31.2 Å². The minimum Gasteiger partial charge on any atom is -0.462 e. The number of carbonyl (C=O) groups excluding carboxylic acids is 2. The first kappa shape index (κ1) is 20.4. The molecule has 2 aromatic rings. The Hall–Kier alpha value is -2.86. The fourth-order valence-electron chi connectivity index (χ4n) is 4.55. The van der Waals surface area contributed by atoms with E-state index in [0.29, 0.717) is 23.3 Å². The second-order valence-corrected chi connectivity index (χ2v) is 8.26. The van der Waals surface area contributed by atoms with Crippen LogP contribution in [0.25, 0.3) is 0 Å². The lowest BCUT2D eigenvalue weighted by Crippen LogP contribution is -2.44. The van der Waals surface area contributed by atoms with E-state index < -0.39 is 11.9 Å². The van der Waals surface area contributed by atoms with Gasteiger partial charge >= 0.3 is 11.9 Å². The number of rotatable bonds is 6. The lowest BCUT2D eigenvalue weighted by atomic mass is 9.98. The van der Waals surface area contributed by atoms with Gasteiger partial charge in [0.05, 0.1) is 5.56 Å². The van der Waals surface area contributed by atoms with Gasteiger partial charge in [0.1, 0.15) is 18.6 Å². The first-order valence-electron chi connectivity index (χ1n) is 10.5. The van der Waals surface area contributed by atoms with E-state index in [1.54, 1.807) is 24.3 Å². The zero-order chi connectivity index (χ0) is 21.1. The van der Waals surface area contributed by atoms with Crippen LogP contribution in [-0.4, -0.2) is 48.7 Å². The summed E-state index contributed by atoms with van der Waals surface area (Å²) in [5, 5.41) is 0. The third-order valence-corrected chi connectivity index (χ3v) is 6.35. The Kier molecular flexibility index (Phi) is 6.04. The molecule has 2 aromatic carbocycles. The molecule has 2 bridgehead atoms. The molecular weight excluding hydrogens is 380 g/mol. The zero-order valence-corrected chi connectivity index (χ0v) is 17.2. The van der Waals surface area contributed by atoms with Gasteiger partial charge in [0.2, 0.25) is 0 Å². The Morgan fingerprint density at radius 2 is 1.67 bits per heavy atom.